The average Bonchev–Trinajstić information content (AvgIpc) is 3.18. The normalized spacial score (nSPS) is 25.3. The first-order chi connectivity index (χ1) is 9.96. The van der Waals surface area contributed by atoms with E-state index in [1.165, 1.54) is 43.9 Å². The van der Waals surface area contributed by atoms with Crippen LogP contribution < -0.4 is 5.32 Å². The maximum Gasteiger partial charge on any atom is 0.178 e. The Kier molecular flexibility index (Phi) is 3.82. The number of hydrogen-bond donors (Lipinski definition) is 1. The summed E-state index contributed by atoms with van der Waals surface area (Å²) in [5, 5.41) is 3.50. The molecule has 1 heterocycles. The molecule has 1 unspecified atom stereocenters. The number of fused-ring (bicyclic) bond motifs is 1. The lowest BCUT2D eigenvalue weighted by molar-refractivity contribution is 0.378. The third-order valence-electron chi connectivity index (χ3n) is 4.82. The van der Waals surface area contributed by atoms with Crippen LogP contribution in [0.1, 0.15) is 50.6 Å². The molecule has 0 spiro atoms. The standard InChI is InChI=1S/C16H22FNO2S/c1-2-6-16(7-8-16)11-18-14-5-9-21(19,20)15-4-3-12(17)10-13(14)15/h3-4,10,14,18H,2,5-9,11H2,1H3. The molecule has 1 saturated carbocycles. The lowest BCUT2D eigenvalue weighted by atomic mass is 9.98. The van der Waals surface area contributed by atoms with Crippen molar-refractivity contribution in [2.24, 2.45) is 5.41 Å². The number of halogens is 1. The Bertz CT molecular complexity index is 638. The van der Waals surface area contributed by atoms with Gasteiger partial charge in [0.15, 0.2) is 9.84 Å². The number of rotatable bonds is 5. The first-order valence-electron chi connectivity index (χ1n) is 7.71. The van der Waals surface area contributed by atoms with Gasteiger partial charge < -0.3 is 5.32 Å². The molecule has 1 aromatic rings. The predicted octanol–water partition coefficient (Wildman–Crippen LogP) is 3.21. The Hall–Kier alpha value is -0.940. The fourth-order valence-electron chi connectivity index (χ4n) is 3.39. The highest BCUT2D eigenvalue weighted by atomic mass is 32.2. The van der Waals surface area contributed by atoms with Crippen molar-refractivity contribution < 1.29 is 12.8 Å². The Morgan fingerprint density at radius 3 is 2.81 bits per heavy atom. The molecule has 2 aliphatic rings. The summed E-state index contributed by atoms with van der Waals surface area (Å²) in [5.74, 6) is -0.225. The Morgan fingerprint density at radius 1 is 1.38 bits per heavy atom. The number of nitrogens with one attached hydrogen (secondary N) is 1. The fourth-order valence-corrected chi connectivity index (χ4v) is 4.99. The van der Waals surface area contributed by atoms with E-state index in [9.17, 15) is 12.8 Å². The molecule has 0 bridgehead atoms. The quantitative estimate of drug-likeness (QED) is 0.849. The van der Waals surface area contributed by atoms with Gasteiger partial charge in [-0.05, 0) is 54.9 Å². The van der Waals surface area contributed by atoms with Gasteiger partial charge in [-0.25, -0.2) is 12.8 Å². The van der Waals surface area contributed by atoms with E-state index >= 15 is 0 Å². The van der Waals surface area contributed by atoms with Gasteiger partial charge in [-0.1, -0.05) is 13.3 Å². The summed E-state index contributed by atoms with van der Waals surface area (Å²) in [6.07, 6.45) is 5.40. The zero-order valence-electron chi connectivity index (χ0n) is 12.4. The zero-order valence-corrected chi connectivity index (χ0v) is 13.2. The Balaban J connectivity index is 1.80. The molecular weight excluding hydrogens is 289 g/mol. The molecule has 21 heavy (non-hydrogen) atoms. The summed E-state index contributed by atoms with van der Waals surface area (Å²) in [7, 11) is -3.25. The molecule has 1 fully saturated rings. The van der Waals surface area contributed by atoms with Crippen LogP contribution in [0.15, 0.2) is 23.1 Å². The molecule has 116 valence electrons. The third-order valence-corrected chi connectivity index (χ3v) is 6.63. The minimum absolute atomic E-state index is 0.0476. The van der Waals surface area contributed by atoms with E-state index in [1.54, 1.807) is 0 Å². The van der Waals surface area contributed by atoms with Crippen LogP contribution in [-0.4, -0.2) is 20.7 Å². The minimum Gasteiger partial charge on any atom is -0.309 e. The number of benzene rings is 1. The zero-order chi connectivity index (χ0) is 15.1. The second-order valence-electron chi connectivity index (χ2n) is 6.47. The van der Waals surface area contributed by atoms with Gasteiger partial charge in [0.05, 0.1) is 10.6 Å². The van der Waals surface area contributed by atoms with Gasteiger partial charge >= 0.3 is 0 Å². The number of sulfone groups is 1. The van der Waals surface area contributed by atoms with Crippen molar-refractivity contribution in [2.75, 3.05) is 12.3 Å². The van der Waals surface area contributed by atoms with Crippen LogP contribution in [0, 0.1) is 11.2 Å². The summed E-state index contributed by atoms with van der Waals surface area (Å²) in [6, 6.07) is 3.97. The molecule has 1 N–H and O–H groups in total. The lowest BCUT2D eigenvalue weighted by Crippen LogP contribution is -2.33. The highest BCUT2D eigenvalue weighted by Gasteiger charge is 2.42. The van der Waals surface area contributed by atoms with Crippen molar-refractivity contribution in [1.29, 1.82) is 0 Å². The molecule has 1 atom stereocenters. The molecule has 1 aromatic carbocycles. The van der Waals surface area contributed by atoms with Crippen LogP contribution in [0.25, 0.3) is 0 Å². The van der Waals surface area contributed by atoms with Crippen molar-refractivity contribution >= 4 is 9.84 Å². The van der Waals surface area contributed by atoms with E-state index in [1.807, 2.05) is 0 Å². The molecule has 1 aliphatic carbocycles. The van der Waals surface area contributed by atoms with Crippen LogP contribution in [0.3, 0.4) is 0 Å². The highest BCUT2D eigenvalue weighted by Crippen LogP contribution is 2.49. The van der Waals surface area contributed by atoms with E-state index in [0.717, 1.165) is 6.54 Å². The van der Waals surface area contributed by atoms with Crippen molar-refractivity contribution in [3.63, 3.8) is 0 Å². The van der Waals surface area contributed by atoms with Gasteiger partial charge in [0.2, 0.25) is 0 Å². The van der Waals surface area contributed by atoms with Crippen LogP contribution in [0.5, 0.6) is 0 Å². The van der Waals surface area contributed by atoms with Crippen LogP contribution in [0.4, 0.5) is 4.39 Å². The third kappa shape index (κ3) is 2.99. The smallest absolute Gasteiger partial charge is 0.178 e. The highest BCUT2D eigenvalue weighted by molar-refractivity contribution is 7.91. The van der Waals surface area contributed by atoms with Gasteiger partial charge in [0.1, 0.15) is 5.82 Å². The minimum atomic E-state index is -3.25. The van der Waals surface area contributed by atoms with Crippen LogP contribution >= 0.6 is 0 Å². The molecule has 5 heteroatoms. The van der Waals surface area contributed by atoms with E-state index in [-0.39, 0.29) is 17.6 Å². The monoisotopic (exact) mass is 311 g/mol. The SMILES string of the molecule is CCCC1(CNC2CCS(=O)(=O)c3ccc(F)cc32)CC1. The summed E-state index contributed by atoms with van der Waals surface area (Å²) in [6.45, 7) is 3.10. The predicted molar refractivity (Wildman–Crippen MR) is 80.4 cm³/mol. The first kappa shape index (κ1) is 15.0. The molecular formula is C16H22FNO2S. The molecule has 3 nitrogen and oxygen atoms in total. The van der Waals surface area contributed by atoms with Crippen molar-refractivity contribution in [1.82, 2.24) is 5.32 Å². The number of hydrogen-bond acceptors (Lipinski definition) is 3. The van der Waals surface area contributed by atoms with Gasteiger partial charge in [-0.15, -0.1) is 0 Å². The van der Waals surface area contributed by atoms with Gasteiger partial charge in [-0.2, -0.15) is 0 Å². The molecule has 1 aliphatic heterocycles. The van der Waals surface area contributed by atoms with Gasteiger partial charge in [0, 0.05) is 12.6 Å². The fraction of sp³-hybridized carbons (Fsp3) is 0.625. The maximum absolute atomic E-state index is 13.5. The first-order valence-corrected chi connectivity index (χ1v) is 9.37. The van der Waals surface area contributed by atoms with E-state index in [0.29, 0.717) is 22.3 Å². The Labute approximate surface area is 125 Å². The van der Waals surface area contributed by atoms with E-state index < -0.39 is 9.84 Å². The largest absolute Gasteiger partial charge is 0.309 e. The molecule has 0 aromatic heterocycles. The van der Waals surface area contributed by atoms with Crippen LogP contribution in [-0.2, 0) is 9.84 Å². The van der Waals surface area contributed by atoms with Crippen molar-refractivity contribution in [2.45, 2.75) is 50.0 Å². The van der Waals surface area contributed by atoms with Gasteiger partial charge in [-0.3, -0.25) is 0 Å². The molecule has 0 amide bonds. The molecule has 0 radical (unpaired) electrons. The topological polar surface area (TPSA) is 46.2 Å². The molecule has 0 saturated heterocycles. The van der Waals surface area contributed by atoms with E-state index in [2.05, 4.69) is 12.2 Å². The van der Waals surface area contributed by atoms with Crippen molar-refractivity contribution in [3.8, 4) is 0 Å². The second-order valence-corrected chi connectivity index (χ2v) is 8.55. The van der Waals surface area contributed by atoms with E-state index in [4.69, 9.17) is 0 Å². The average molecular weight is 311 g/mol. The summed E-state index contributed by atoms with van der Waals surface area (Å²) >= 11 is 0. The van der Waals surface area contributed by atoms with Gasteiger partial charge in [0.25, 0.3) is 0 Å². The molecule has 3 rings (SSSR count). The summed E-state index contributed by atoms with van der Waals surface area (Å²) < 4.78 is 37.7. The summed E-state index contributed by atoms with van der Waals surface area (Å²) in [5.41, 5.74) is 1.01. The second kappa shape index (κ2) is 5.36. The maximum atomic E-state index is 13.5. The summed E-state index contributed by atoms with van der Waals surface area (Å²) in [4.78, 5) is 0.299. The van der Waals surface area contributed by atoms with Crippen molar-refractivity contribution in [3.05, 3.63) is 29.6 Å². The van der Waals surface area contributed by atoms with Crippen LogP contribution in [0.2, 0.25) is 0 Å². The lowest BCUT2D eigenvalue weighted by Gasteiger charge is -2.28. The Morgan fingerprint density at radius 2 is 2.14 bits per heavy atom.